The maximum absolute atomic E-state index is 5.99. The zero-order chi connectivity index (χ0) is 12.1. The number of hydrogen-bond donors (Lipinski definition) is 2. The maximum Gasteiger partial charge on any atom is 0.123 e. The second-order valence-corrected chi connectivity index (χ2v) is 4.36. The summed E-state index contributed by atoms with van der Waals surface area (Å²) in [5.41, 5.74) is 1.21. The number of halogens is 1. The highest BCUT2D eigenvalue weighted by Gasteiger charge is 2.13. The molecule has 1 aromatic heterocycles. The molecular formula is C13H16ClN3. The van der Waals surface area contributed by atoms with E-state index < -0.39 is 0 Å². The first kappa shape index (κ1) is 12.1. The summed E-state index contributed by atoms with van der Waals surface area (Å²) < 4.78 is 0. The minimum Gasteiger partial charge on any atom is -0.347 e. The fourth-order valence-electron chi connectivity index (χ4n) is 1.88. The molecule has 1 heterocycles. The van der Waals surface area contributed by atoms with E-state index in [-0.39, 0.29) is 6.04 Å². The lowest BCUT2D eigenvalue weighted by atomic mass is 10.1. The second-order valence-electron chi connectivity index (χ2n) is 3.92. The first-order valence-corrected chi connectivity index (χ1v) is 6.14. The zero-order valence-corrected chi connectivity index (χ0v) is 10.5. The van der Waals surface area contributed by atoms with Gasteiger partial charge < -0.3 is 10.3 Å². The molecule has 4 heteroatoms. The van der Waals surface area contributed by atoms with Crippen molar-refractivity contribution in [3.05, 3.63) is 53.1 Å². The fourth-order valence-corrected chi connectivity index (χ4v) is 2.09. The van der Waals surface area contributed by atoms with Crippen molar-refractivity contribution < 1.29 is 0 Å². The molecule has 2 aromatic rings. The molecule has 2 N–H and O–H groups in total. The van der Waals surface area contributed by atoms with Crippen LogP contribution >= 0.6 is 11.6 Å². The van der Waals surface area contributed by atoms with Gasteiger partial charge in [-0.2, -0.15) is 0 Å². The topological polar surface area (TPSA) is 40.7 Å². The first-order valence-electron chi connectivity index (χ1n) is 5.76. The van der Waals surface area contributed by atoms with Gasteiger partial charge in [0.25, 0.3) is 0 Å². The predicted octanol–water partition coefficient (Wildman–Crippen LogP) is 2.96. The van der Waals surface area contributed by atoms with E-state index >= 15 is 0 Å². The van der Waals surface area contributed by atoms with Crippen LogP contribution in [0, 0.1) is 0 Å². The molecule has 0 bridgehead atoms. The van der Waals surface area contributed by atoms with Gasteiger partial charge in [-0.05, 0) is 30.7 Å². The van der Waals surface area contributed by atoms with Gasteiger partial charge in [0.1, 0.15) is 5.82 Å². The highest BCUT2D eigenvalue weighted by atomic mass is 35.5. The minimum atomic E-state index is 0.202. The molecule has 0 radical (unpaired) electrons. The van der Waals surface area contributed by atoms with E-state index in [4.69, 9.17) is 11.6 Å². The Morgan fingerprint density at radius 2 is 2.35 bits per heavy atom. The fraction of sp³-hybridized carbons (Fsp3) is 0.308. The van der Waals surface area contributed by atoms with Crippen molar-refractivity contribution in [1.82, 2.24) is 15.3 Å². The van der Waals surface area contributed by atoms with Gasteiger partial charge in [0.2, 0.25) is 0 Å². The normalized spacial score (nSPS) is 12.6. The maximum atomic E-state index is 5.99. The highest BCUT2D eigenvalue weighted by Crippen LogP contribution is 2.18. The minimum absolute atomic E-state index is 0.202. The molecular weight excluding hydrogens is 234 g/mol. The first-order chi connectivity index (χ1) is 8.29. The Kier molecular flexibility index (Phi) is 4.18. The SMILES string of the molecule is CCNC(Cc1cccc(Cl)c1)c1ncc[nH]1. The third kappa shape index (κ3) is 3.32. The van der Waals surface area contributed by atoms with E-state index in [1.807, 2.05) is 24.4 Å². The van der Waals surface area contributed by atoms with E-state index in [0.717, 1.165) is 23.8 Å². The quantitative estimate of drug-likeness (QED) is 0.855. The average molecular weight is 250 g/mol. The number of aromatic nitrogens is 2. The molecule has 0 aliphatic rings. The van der Waals surface area contributed by atoms with Crippen LogP contribution in [0.3, 0.4) is 0 Å². The highest BCUT2D eigenvalue weighted by molar-refractivity contribution is 6.30. The van der Waals surface area contributed by atoms with Crippen molar-refractivity contribution in [1.29, 1.82) is 0 Å². The molecule has 0 saturated carbocycles. The van der Waals surface area contributed by atoms with Gasteiger partial charge in [-0.3, -0.25) is 0 Å². The largest absolute Gasteiger partial charge is 0.347 e. The summed E-state index contributed by atoms with van der Waals surface area (Å²) in [5, 5.41) is 4.19. The Hall–Kier alpha value is -1.32. The smallest absolute Gasteiger partial charge is 0.123 e. The number of hydrogen-bond acceptors (Lipinski definition) is 2. The van der Waals surface area contributed by atoms with Crippen LogP contribution < -0.4 is 5.32 Å². The lowest BCUT2D eigenvalue weighted by molar-refractivity contribution is 0.526. The molecule has 2 rings (SSSR count). The van der Waals surface area contributed by atoms with Gasteiger partial charge >= 0.3 is 0 Å². The van der Waals surface area contributed by atoms with E-state index in [9.17, 15) is 0 Å². The molecule has 1 aromatic carbocycles. The Labute approximate surface area is 106 Å². The number of nitrogens with one attached hydrogen (secondary N) is 2. The van der Waals surface area contributed by atoms with Crippen molar-refractivity contribution in [2.45, 2.75) is 19.4 Å². The standard InChI is InChI=1S/C13H16ClN3/c1-2-15-12(13-16-6-7-17-13)9-10-4-3-5-11(14)8-10/h3-8,12,15H,2,9H2,1H3,(H,16,17). The van der Waals surface area contributed by atoms with Crippen LogP contribution in [0.1, 0.15) is 24.4 Å². The van der Waals surface area contributed by atoms with Crippen LogP contribution in [-0.2, 0) is 6.42 Å². The Morgan fingerprint density at radius 3 is 3.00 bits per heavy atom. The van der Waals surface area contributed by atoms with Crippen LogP contribution in [0.15, 0.2) is 36.7 Å². The number of aromatic amines is 1. The molecule has 3 nitrogen and oxygen atoms in total. The van der Waals surface area contributed by atoms with E-state index in [1.54, 1.807) is 6.20 Å². The third-order valence-electron chi connectivity index (χ3n) is 2.63. The van der Waals surface area contributed by atoms with Crippen LogP contribution in [-0.4, -0.2) is 16.5 Å². The summed E-state index contributed by atoms with van der Waals surface area (Å²) in [4.78, 5) is 7.45. The van der Waals surface area contributed by atoms with Gasteiger partial charge in [-0.1, -0.05) is 30.7 Å². The number of H-pyrrole nitrogens is 1. The van der Waals surface area contributed by atoms with Crippen molar-refractivity contribution >= 4 is 11.6 Å². The van der Waals surface area contributed by atoms with E-state index in [0.29, 0.717) is 0 Å². The summed E-state index contributed by atoms with van der Waals surface area (Å²) in [6, 6.07) is 8.14. The van der Waals surface area contributed by atoms with E-state index in [2.05, 4.69) is 28.3 Å². The summed E-state index contributed by atoms with van der Waals surface area (Å²) in [6.45, 7) is 3.00. The van der Waals surface area contributed by atoms with Gasteiger partial charge in [-0.15, -0.1) is 0 Å². The monoisotopic (exact) mass is 249 g/mol. The van der Waals surface area contributed by atoms with Crippen LogP contribution in [0.25, 0.3) is 0 Å². The molecule has 17 heavy (non-hydrogen) atoms. The summed E-state index contributed by atoms with van der Waals surface area (Å²) in [6.07, 6.45) is 4.50. The number of imidazole rings is 1. The van der Waals surface area contributed by atoms with Crippen molar-refractivity contribution in [3.8, 4) is 0 Å². The summed E-state index contributed by atoms with van der Waals surface area (Å²) in [7, 11) is 0. The second kappa shape index (κ2) is 5.84. The van der Waals surface area contributed by atoms with Crippen molar-refractivity contribution in [2.75, 3.05) is 6.54 Å². The predicted molar refractivity (Wildman–Crippen MR) is 70.2 cm³/mol. The molecule has 1 unspecified atom stereocenters. The van der Waals surface area contributed by atoms with E-state index in [1.165, 1.54) is 5.56 Å². The van der Waals surface area contributed by atoms with Gasteiger partial charge in [-0.25, -0.2) is 4.98 Å². The van der Waals surface area contributed by atoms with Gasteiger partial charge in [0, 0.05) is 17.4 Å². The van der Waals surface area contributed by atoms with Gasteiger partial charge in [0.05, 0.1) is 6.04 Å². The molecule has 0 spiro atoms. The average Bonchev–Trinajstić information content (AvgIpc) is 2.82. The molecule has 0 saturated heterocycles. The Morgan fingerprint density at radius 1 is 1.47 bits per heavy atom. The molecule has 1 atom stereocenters. The number of nitrogens with zero attached hydrogens (tertiary/aromatic N) is 1. The Bertz CT molecular complexity index is 453. The third-order valence-corrected chi connectivity index (χ3v) is 2.86. The lowest BCUT2D eigenvalue weighted by Gasteiger charge is -2.15. The zero-order valence-electron chi connectivity index (χ0n) is 9.78. The van der Waals surface area contributed by atoms with Crippen LogP contribution in [0.5, 0.6) is 0 Å². The summed E-state index contributed by atoms with van der Waals surface area (Å²) >= 11 is 5.99. The molecule has 0 fully saturated rings. The van der Waals surface area contributed by atoms with Crippen molar-refractivity contribution in [3.63, 3.8) is 0 Å². The number of likely N-dealkylation sites (N-methyl/N-ethyl adjacent to an activating group) is 1. The molecule has 90 valence electrons. The molecule has 0 aliphatic heterocycles. The Balaban J connectivity index is 2.13. The lowest BCUT2D eigenvalue weighted by Crippen LogP contribution is -2.24. The van der Waals surface area contributed by atoms with Crippen LogP contribution in [0.4, 0.5) is 0 Å². The van der Waals surface area contributed by atoms with Crippen LogP contribution in [0.2, 0.25) is 5.02 Å². The van der Waals surface area contributed by atoms with Crippen molar-refractivity contribution in [2.24, 2.45) is 0 Å². The number of rotatable bonds is 5. The molecule has 0 aliphatic carbocycles. The molecule has 0 amide bonds. The van der Waals surface area contributed by atoms with Gasteiger partial charge in [0.15, 0.2) is 0 Å². The number of benzene rings is 1. The summed E-state index contributed by atoms with van der Waals surface area (Å²) in [5.74, 6) is 0.965.